The van der Waals surface area contributed by atoms with Crippen LogP contribution in [0.4, 0.5) is 0 Å². The lowest BCUT2D eigenvalue weighted by molar-refractivity contribution is 0.111. The summed E-state index contributed by atoms with van der Waals surface area (Å²) in [5, 5.41) is 0. The smallest absolute Gasteiger partial charge is 0.168 e. The summed E-state index contributed by atoms with van der Waals surface area (Å²) in [5.41, 5.74) is 3.12. The van der Waals surface area contributed by atoms with E-state index in [9.17, 15) is 4.79 Å². The SMILES string of the molecule is COc1ccc(C(C)C)cc1-c1cc(C=O)ncn1. The maximum atomic E-state index is 10.8. The molecule has 0 fully saturated rings. The van der Waals surface area contributed by atoms with Crippen LogP contribution in [0.5, 0.6) is 5.75 Å². The molecule has 0 N–H and O–H groups in total. The lowest BCUT2D eigenvalue weighted by Crippen LogP contribution is -1.96. The number of rotatable bonds is 4. The van der Waals surface area contributed by atoms with Crippen LogP contribution in [0.3, 0.4) is 0 Å². The lowest BCUT2D eigenvalue weighted by atomic mass is 9.98. The molecule has 1 aromatic carbocycles. The zero-order valence-electron chi connectivity index (χ0n) is 11.3. The first-order valence-corrected chi connectivity index (χ1v) is 6.11. The van der Waals surface area contributed by atoms with Gasteiger partial charge >= 0.3 is 0 Å². The van der Waals surface area contributed by atoms with Crippen LogP contribution >= 0.6 is 0 Å². The summed E-state index contributed by atoms with van der Waals surface area (Å²) in [6.45, 7) is 4.25. The fraction of sp³-hybridized carbons (Fsp3) is 0.267. The van der Waals surface area contributed by atoms with Crippen LogP contribution in [-0.4, -0.2) is 23.4 Å². The van der Waals surface area contributed by atoms with Gasteiger partial charge in [0.25, 0.3) is 0 Å². The van der Waals surface area contributed by atoms with E-state index in [1.807, 2.05) is 18.2 Å². The third-order valence-corrected chi connectivity index (χ3v) is 2.98. The number of hydrogen-bond acceptors (Lipinski definition) is 4. The van der Waals surface area contributed by atoms with E-state index in [0.717, 1.165) is 11.3 Å². The Morgan fingerprint density at radius 2 is 2.00 bits per heavy atom. The molecule has 0 saturated carbocycles. The maximum absolute atomic E-state index is 10.8. The molecule has 0 unspecified atom stereocenters. The first-order valence-electron chi connectivity index (χ1n) is 6.11. The quantitative estimate of drug-likeness (QED) is 0.789. The van der Waals surface area contributed by atoms with Crippen molar-refractivity contribution in [1.82, 2.24) is 9.97 Å². The average Bonchev–Trinajstić information content (AvgIpc) is 2.46. The first-order chi connectivity index (χ1) is 9.15. The van der Waals surface area contributed by atoms with Gasteiger partial charge in [0.05, 0.1) is 12.8 Å². The molecule has 0 aliphatic heterocycles. The molecule has 2 rings (SSSR count). The first kappa shape index (κ1) is 13.2. The molecule has 1 heterocycles. The molecule has 19 heavy (non-hydrogen) atoms. The van der Waals surface area contributed by atoms with Gasteiger partial charge < -0.3 is 4.74 Å². The van der Waals surface area contributed by atoms with Gasteiger partial charge in [-0.2, -0.15) is 0 Å². The molecule has 1 aromatic heterocycles. The Morgan fingerprint density at radius 1 is 1.21 bits per heavy atom. The number of methoxy groups -OCH3 is 1. The highest BCUT2D eigenvalue weighted by molar-refractivity contribution is 5.76. The molecular formula is C15H16N2O2. The van der Waals surface area contributed by atoms with Gasteiger partial charge in [-0.15, -0.1) is 0 Å². The Morgan fingerprint density at radius 3 is 2.63 bits per heavy atom. The molecular weight excluding hydrogens is 240 g/mol. The van der Waals surface area contributed by atoms with Crippen molar-refractivity contribution in [2.45, 2.75) is 19.8 Å². The third kappa shape index (κ3) is 2.78. The van der Waals surface area contributed by atoms with Crippen LogP contribution in [-0.2, 0) is 0 Å². The van der Waals surface area contributed by atoms with Crippen LogP contribution in [0.2, 0.25) is 0 Å². The summed E-state index contributed by atoms with van der Waals surface area (Å²) in [4.78, 5) is 18.9. The summed E-state index contributed by atoms with van der Waals surface area (Å²) in [7, 11) is 1.62. The molecule has 4 heteroatoms. The number of hydrogen-bond donors (Lipinski definition) is 0. The predicted molar refractivity (Wildman–Crippen MR) is 73.5 cm³/mol. The minimum atomic E-state index is 0.363. The van der Waals surface area contributed by atoms with Gasteiger partial charge in [0, 0.05) is 5.56 Å². The Bertz CT molecular complexity index is 594. The average molecular weight is 256 g/mol. The molecule has 0 amide bonds. The van der Waals surface area contributed by atoms with Crippen molar-refractivity contribution >= 4 is 6.29 Å². The minimum absolute atomic E-state index is 0.363. The molecule has 98 valence electrons. The second-order valence-electron chi connectivity index (χ2n) is 4.56. The van der Waals surface area contributed by atoms with E-state index in [1.165, 1.54) is 11.9 Å². The number of aromatic nitrogens is 2. The van der Waals surface area contributed by atoms with E-state index in [4.69, 9.17) is 4.74 Å². The lowest BCUT2D eigenvalue weighted by Gasteiger charge is -2.12. The van der Waals surface area contributed by atoms with Crippen LogP contribution in [0, 0.1) is 0 Å². The predicted octanol–water partition coefficient (Wildman–Crippen LogP) is 3.09. The van der Waals surface area contributed by atoms with Crippen molar-refractivity contribution in [2.75, 3.05) is 7.11 Å². The van der Waals surface area contributed by atoms with Crippen molar-refractivity contribution in [2.24, 2.45) is 0 Å². The molecule has 0 bridgehead atoms. The third-order valence-electron chi connectivity index (χ3n) is 2.98. The van der Waals surface area contributed by atoms with Crippen LogP contribution < -0.4 is 4.74 Å². The molecule has 0 atom stereocenters. The van der Waals surface area contributed by atoms with Gasteiger partial charge in [0.1, 0.15) is 17.8 Å². The Balaban J connectivity index is 2.57. The zero-order valence-corrected chi connectivity index (χ0v) is 11.3. The summed E-state index contributed by atoms with van der Waals surface area (Å²) < 4.78 is 5.36. The van der Waals surface area contributed by atoms with E-state index in [2.05, 4.69) is 23.8 Å². The van der Waals surface area contributed by atoms with E-state index < -0.39 is 0 Å². The van der Waals surface area contributed by atoms with Crippen molar-refractivity contribution in [3.05, 3.63) is 41.9 Å². The minimum Gasteiger partial charge on any atom is -0.496 e. The Hall–Kier alpha value is -2.23. The van der Waals surface area contributed by atoms with Gasteiger partial charge in [-0.3, -0.25) is 4.79 Å². The molecule has 0 aliphatic rings. The number of carbonyl (C=O) groups is 1. The number of carbonyl (C=O) groups excluding carboxylic acids is 1. The van der Waals surface area contributed by atoms with Crippen LogP contribution in [0.1, 0.15) is 35.8 Å². The van der Waals surface area contributed by atoms with Crippen LogP contribution in [0.25, 0.3) is 11.3 Å². The van der Waals surface area contributed by atoms with Crippen molar-refractivity contribution in [1.29, 1.82) is 0 Å². The fourth-order valence-electron chi connectivity index (χ4n) is 1.87. The Labute approximate surface area is 112 Å². The van der Waals surface area contributed by atoms with Gasteiger partial charge in [0.15, 0.2) is 6.29 Å². The molecule has 0 spiro atoms. The van der Waals surface area contributed by atoms with Gasteiger partial charge in [-0.25, -0.2) is 9.97 Å². The molecule has 4 nitrogen and oxygen atoms in total. The Kier molecular flexibility index (Phi) is 3.90. The topological polar surface area (TPSA) is 52.1 Å². The van der Waals surface area contributed by atoms with Crippen molar-refractivity contribution < 1.29 is 9.53 Å². The fourth-order valence-corrected chi connectivity index (χ4v) is 1.87. The number of benzene rings is 1. The second-order valence-corrected chi connectivity index (χ2v) is 4.56. The summed E-state index contributed by atoms with van der Waals surface area (Å²) in [6, 6.07) is 7.66. The molecule has 0 radical (unpaired) electrons. The maximum Gasteiger partial charge on any atom is 0.168 e. The van der Waals surface area contributed by atoms with E-state index in [-0.39, 0.29) is 0 Å². The monoisotopic (exact) mass is 256 g/mol. The summed E-state index contributed by atoms with van der Waals surface area (Å²) in [6.07, 6.45) is 2.10. The summed E-state index contributed by atoms with van der Waals surface area (Å²) >= 11 is 0. The van der Waals surface area contributed by atoms with Crippen molar-refractivity contribution in [3.8, 4) is 17.0 Å². The second kappa shape index (κ2) is 5.61. The van der Waals surface area contributed by atoms with Gasteiger partial charge in [-0.1, -0.05) is 19.9 Å². The number of aldehydes is 1. The molecule has 0 aliphatic carbocycles. The van der Waals surface area contributed by atoms with Crippen LogP contribution in [0.15, 0.2) is 30.6 Å². The normalized spacial score (nSPS) is 10.5. The van der Waals surface area contributed by atoms with Crippen molar-refractivity contribution in [3.63, 3.8) is 0 Å². The number of nitrogens with zero attached hydrogens (tertiary/aromatic N) is 2. The highest BCUT2D eigenvalue weighted by atomic mass is 16.5. The standard InChI is InChI=1S/C15H16N2O2/c1-10(2)11-4-5-15(19-3)13(6-11)14-7-12(8-18)16-9-17-14/h4-10H,1-3H3. The van der Waals surface area contributed by atoms with E-state index in [1.54, 1.807) is 13.2 Å². The number of ether oxygens (including phenoxy) is 1. The van der Waals surface area contributed by atoms with Gasteiger partial charge in [-0.05, 0) is 29.7 Å². The highest BCUT2D eigenvalue weighted by Crippen LogP contribution is 2.31. The highest BCUT2D eigenvalue weighted by Gasteiger charge is 2.11. The zero-order chi connectivity index (χ0) is 13.8. The van der Waals surface area contributed by atoms with E-state index in [0.29, 0.717) is 23.6 Å². The largest absolute Gasteiger partial charge is 0.496 e. The summed E-state index contributed by atoms with van der Waals surface area (Å²) in [5.74, 6) is 1.15. The molecule has 0 saturated heterocycles. The van der Waals surface area contributed by atoms with E-state index >= 15 is 0 Å². The molecule has 2 aromatic rings. The van der Waals surface area contributed by atoms with Gasteiger partial charge in [0.2, 0.25) is 0 Å².